The van der Waals surface area contributed by atoms with E-state index >= 15 is 0 Å². The monoisotopic (exact) mass is 271 g/mol. The van der Waals surface area contributed by atoms with Gasteiger partial charge in [-0.3, -0.25) is 4.79 Å². The SMILES string of the molecule is CCc1ccc(NC(=O)C2(C)CC2(Cl)Cl)cc1. The molecule has 0 saturated heterocycles. The van der Waals surface area contributed by atoms with Gasteiger partial charge in [-0.25, -0.2) is 0 Å². The Morgan fingerprint density at radius 2 is 1.88 bits per heavy atom. The highest BCUT2D eigenvalue weighted by Gasteiger charge is 2.67. The number of carbonyl (C=O) groups is 1. The largest absolute Gasteiger partial charge is 0.326 e. The summed E-state index contributed by atoms with van der Waals surface area (Å²) in [6.07, 6.45) is 1.49. The summed E-state index contributed by atoms with van der Waals surface area (Å²) in [5, 5.41) is 2.84. The zero-order chi connectivity index (χ0) is 12.7. The topological polar surface area (TPSA) is 29.1 Å². The predicted octanol–water partition coefficient (Wildman–Crippen LogP) is 3.77. The van der Waals surface area contributed by atoms with Gasteiger partial charge in [-0.15, -0.1) is 23.2 Å². The first-order chi connectivity index (χ1) is 7.89. The molecule has 1 aromatic carbocycles. The molecule has 4 heteroatoms. The molecule has 92 valence electrons. The maximum absolute atomic E-state index is 12.0. The van der Waals surface area contributed by atoms with Crippen LogP contribution in [0.1, 0.15) is 25.8 Å². The van der Waals surface area contributed by atoms with Gasteiger partial charge in [-0.2, -0.15) is 0 Å². The molecule has 17 heavy (non-hydrogen) atoms. The van der Waals surface area contributed by atoms with Crippen LogP contribution >= 0.6 is 23.2 Å². The molecule has 1 aromatic rings. The van der Waals surface area contributed by atoms with E-state index in [2.05, 4.69) is 12.2 Å². The van der Waals surface area contributed by atoms with Crippen LogP contribution in [0.2, 0.25) is 0 Å². The number of hydrogen-bond acceptors (Lipinski definition) is 1. The molecule has 2 nitrogen and oxygen atoms in total. The van der Waals surface area contributed by atoms with Crippen molar-refractivity contribution >= 4 is 34.8 Å². The number of amides is 1. The average molecular weight is 272 g/mol. The van der Waals surface area contributed by atoms with Crippen molar-refractivity contribution in [1.82, 2.24) is 0 Å². The van der Waals surface area contributed by atoms with Crippen molar-refractivity contribution in [2.45, 2.75) is 31.0 Å². The Morgan fingerprint density at radius 3 is 2.29 bits per heavy atom. The van der Waals surface area contributed by atoms with Crippen LogP contribution in [0.4, 0.5) is 5.69 Å². The predicted molar refractivity (Wildman–Crippen MR) is 71.6 cm³/mol. The fraction of sp³-hybridized carbons (Fsp3) is 0.462. The van der Waals surface area contributed by atoms with Crippen molar-refractivity contribution in [2.24, 2.45) is 5.41 Å². The minimum Gasteiger partial charge on any atom is -0.326 e. The van der Waals surface area contributed by atoms with Crippen molar-refractivity contribution in [3.05, 3.63) is 29.8 Å². The lowest BCUT2D eigenvalue weighted by Gasteiger charge is -2.12. The Balaban J connectivity index is 2.04. The number of hydrogen-bond donors (Lipinski definition) is 1. The van der Waals surface area contributed by atoms with Crippen LogP contribution in [-0.4, -0.2) is 10.2 Å². The molecule has 1 N–H and O–H groups in total. The number of nitrogens with one attached hydrogen (secondary N) is 1. The Bertz CT molecular complexity index is 441. The van der Waals surface area contributed by atoms with Crippen molar-refractivity contribution in [2.75, 3.05) is 5.32 Å². The lowest BCUT2D eigenvalue weighted by molar-refractivity contribution is -0.120. The number of benzene rings is 1. The molecule has 2 rings (SSSR count). The summed E-state index contributed by atoms with van der Waals surface area (Å²) in [6, 6.07) is 7.79. The summed E-state index contributed by atoms with van der Waals surface area (Å²) in [7, 11) is 0. The standard InChI is InChI=1S/C13H15Cl2NO/c1-3-9-4-6-10(7-5-9)16-11(17)12(2)8-13(12,14)15/h4-7H,3,8H2,1-2H3,(H,16,17). The first-order valence-electron chi connectivity index (χ1n) is 5.67. The quantitative estimate of drug-likeness (QED) is 0.834. The smallest absolute Gasteiger partial charge is 0.233 e. The Labute approximate surface area is 111 Å². The van der Waals surface area contributed by atoms with Gasteiger partial charge in [0, 0.05) is 5.69 Å². The average Bonchev–Trinajstić information content (AvgIpc) is 2.81. The Morgan fingerprint density at radius 1 is 1.35 bits per heavy atom. The third-order valence-corrected chi connectivity index (χ3v) is 4.48. The van der Waals surface area contributed by atoms with Crippen LogP contribution in [-0.2, 0) is 11.2 Å². The molecule has 0 aliphatic heterocycles. The molecule has 1 unspecified atom stereocenters. The first-order valence-corrected chi connectivity index (χ1v) is 6.43. The first kappa shape index (κ1) is 12.7. The summed E-state index contributed by atoms with van der Waals surface area (Å²) < 4.78 is -0.916. The van der Waals surface area contributed by atoms with Gasteiger partial charge in [0.1, 0.15) is 4.33 Å². The minimum absolute atomic E-state index is 0.119. The lowest BCUT2D eigenvalue weighted by atomic mass is 10.1. The fourth-order valence-electron chi connectivity index (χ4n) is 1.74. The van der Waals surface area contributed by atoms with E-state index in [9.17, 15) is 4.79 Å². The molecule has 1 aliphatic rings. The molecule has 0 heterocycles. The number of anilines is 1. The third kappa shape index (κ3) is 2.29. The number of alkyl halides is 2. The van der Waals surface area contributed by atoms with Crippen molar-refractivity contribution in [3.63, 3.8) is 0 Å². The fourth-order valence-corrected chi connectivity index (χ4v) is 2.45. The highest BCUT2D eigenvalue weighted by Crippen LogP contribution is 2.64. The zero-order valence-corrected chi connectivity index (χ0v) is 11.4. The minimum atomic E-state index is -0.916. The number of carbonyl (C=O) groups excluding carboxylic acids is 1. The molecule has 1 aliphatic carbocycles. The van der Waals surface area contributed by atoms with E-state index in [0.717, 1.165) is 12.1 Å². The second-order valence-electron chi connectivity index (χ2n) is 4.72. The molecule has 0 spiro atoms. The van der Waals surface area contributed by atoms with Gasteiger partial charge < -0.3 is 5.32 Å². The van der Waals surface area contributed by atoms with Gasteiger partial charge in [-0.05, 0) is 37.5 Å². The third-order valence-electron chi connectivity index (χ3n) is 3.38. The highest BCUT2D eigenvalue weighted by atomic mass is 35.5. The number of rotatable bonds is 3. The van der Waals surface area contributed by atoms with Crippen LogP contribution in [0.25, 0.3) is 0 Å². The number of halogens is 2. The maximum atomic E-state index is 12.0. The van der Waals surface area contributed by atoms with E-state index in [4.69, 9.17) is 23.2 Å². The molecule has 0 bridgehead atoms. The van der Waals surface area contributed by atoms with Crippen molar-refractivity contribution in [3.8, 4) is 0 Å². The van der Waals surface area contributed by atoms with E-state index in [1.807, 2.05) is 24.3 Å². The van der Waals surface area contributed by atoms with E-state index in [1.54, 1.807) is 6.92 Å². The number of aryl methyl sites for hydroxylation is 1. The molecule has 1 fully saturated rings. The van der Waals surface area contributed by atoms with Gasteiger partial charge in [0.2, 0.25) is 5.91 Å². The Kier molecular flexibility index (Phi) is 3.13. The van der Waals surface area contributed by atoms with Gasteiger partial charge in [0.25, 0.3) is 0 Å². The van der Waals surface area contributed by atoms with Crippen molar-refractivity contribution in [1.29, 1.82) is 0 Å². The second kappa shape index (κ2) is 4.18. The van der Waals surface area contributed by atoms with Crippen LogP contribution < -0.4 is 5.32 Å². The van der Waals surface area contributed by atoms with Gasteiger partial charge in [-0.1, -0.05) is 19.1 Å². The van der Waals surface area contributed by atoms with E-state index in [-0.39, 0.29) is 5.91 Å². The van der Waals surface area contributed by atoms with Gasteiger partial charge in [0.15, 0.2) is 0 Å². The van der Waals surface area contributed by atoms with Crippen LogP contribution in [0.15, 0.2) is 24.3 Å². The normalized spacial score (nSPS) is 25.4. The zero-order valence-electron chi connectivity index (χ0n) is 9.89. The molecule has 1 amide bonds. The molecular formula is C13H15Cl2NO. The highest BCUT2D eigenvalue weighted by molar-refractivity contribution is 6.53. The summed E-state index contributed by atoms with van der Waals surface area (Å²) in [5.41, 5.74) is 1.36. The second-order valence-corrected chi connectivity index (χ2v) is 6.20. The van der Waals surface area contributed by atoms with Crippen LogP contribution in [0.3, 0.4) is 0 Å². The lowest BCUT2D eigenvalue weighted by Crippen LogP contribution is -2.25. The molecule has 1 atom stereocenters. The van der Waals surface area contributed by atoms with Crippen molar-refractivity contribution < 1.29 is 4.79 Å². The molecular weight excluding hydrogens is 257 g/mol. The van der Waals surface area contributed by atoms with E-state index < -0.39 is 9.75 Å². The Hall–Kier alpha value is -0.730. The summed E-state index contributed by atoms with van der Waals surface area (Å²) in [6.45, 7) is 3.87. The maximum Gasteiger partial charge on any atom is 0.233 e. The summed E-state index contributed by atoms with van der Waals surface area (Å²) >= 11 is 11.9. The molecule has 0 radical (unpaired) electrons. The summed E-state index contributed by atoms with van der Waals surface area (Å²) in [5.74, 6) is -0.119. The van der Waals surface area contributed by atoms with Gasteiger partial charge in [0.05, 0.1) is 5.41 Å². The summed E-state index contributed by atoms with van der Waals surface area (Å²) in [4.78, 5) is 12.0. The van der Waals surface area contributed by atoms with Crippen LogP contribution in [0.5, 0.6) is 0 Å². The van der Waals surface area contributed by atoms with Crippen LogP contribution in [0, 0.1) is 5.41 Å². The van der Waals surface area contributed by atoms with Gasteiger partial charge >= 0.3 is 0 Å². The molecule has 0 aromatic heterocycles. The molecule has 1 saturated carbocycles. The van der Waals surface area contributed by atoms with E-state index in [1.165, 1.54) is 5.56 Å². The van der Waals surface area contributed by atoms with E-state index in [0.29, 0.717) is 6.42 Å².